The summed E-state index contributed by atoms with van der Waals surface area (Å²) in [6.07, 6.45) is 0. The fraction of sp³-hybridized carbons (Fsp3) is 0.176. The number of H-pyrrole nitrogens is 1. The molecule has 2 amide bonds. The highest BCUT2D eigenvalue weighted by molar-refractivity contribution is 5.88. The van der Waals surface area contributed by atoms with Crippen molar-refractivity contribution >= 4 is 35.0 Å². The third-order valence-corrected chi connectivity index (χ3v) is 3.56. The molecule has 0 unspecified atom stereocenters. The molecule has 0 atom stereocenters. The van der Waals surface area contributed by atoms with Gasteiger partial charge in [0.05, 0.1) is 5.69 Å². The SMILES string of the molecule is Cc1cc(Nc2cc(C)nc(Nc3ccc(NC(N)=O)cc3C)n2)[nH]n1. The molecule has 134 valence electrons. The fourth-order valence-electron chi connectivity index (χ4n) is 2.46. The molecule has 26 heavy (non-hydrogen) atoms. The number of aryl methyl sites for hydroxylation is 3. The van der Waals surface area contributed by atoms with Gasteiger partial charge in [-0.05, 0) is 44.5 Å². The molecule has 2 aromatic heterocycles. The summed E-state index contributed by atoms with van der Waals surface area (Å²) in [6, 6.07) is 8.53. The van der Waals surface area contributed by atoms with Gasteiger partial charge in [0.15, 0.2) is 0 Å². The molecule has 0 aliphatic carbocycles. The van der Waals surface area contributed by atoms with Gasteiger partial charge in [-0.15, -0.1) is 0 Å². The van der Waals surface area contributed by atoms with Crippen molar-refractivity contribution < 1.29 is 4.79 Å². The number of aromatic amines is 1. The fourth-order valence-corrected chi connectivity index (χ4v) is 2.46. The molecule has 0 bridgehead atoms. The predicted molar refractivity (Wildman–Crippen MR) is 101 cm³/mol. The number of rotatable bonds is 5. The van der Waals surface area contributed by atoms with Crippen molar-refractivity contribution in [1.29, 1.82) is 0 Å². The Bertz CT molecular complexity index is 950. The van der Waals surface area contributed by atoms with Crippen LogP contribution in [0.2, 0.25) is 0 Å². The highest BCUT2D eigenvalue weighted by Crippen LogP contribution is 2.23. The van der Waals surface area contributed by atoms with E-state index in [1.807, 2.05) is 45.0 Å². The zero-order chi connectivity index (χ0) is 18.7. The Kier molecular flexibility index (Phi) is 4.70. The number of primary amides is 1. The van der Waals surface area contributed by atoms with Crippen molar-refractivity contribution in [3.8, 4) is 0 Å². The van der Waals surface area contributed by atoms with E-state index in [1.165, 1.54) is 0 Å². The number of benzene rings is 1. The first-order valence-electron chi connectivity index (χ1n) is 7.98. The van der Waals surface area contributed by atoms with Crippen LogP contribution in [-0.4, -0.2) is 26.2 Å². The first-order valence-corrected chi connectivity index (χ1v) is 7.98. The Morgan fingerprint density at radius 3 is 2.50 bits per heavy atom. The van der Waals surface area contributed by atoms with Gasteiger partial charge in [0.25, 0.3) is 0 Å². The third-order valence-electron chi connectivity index (χ3n) is 3.56. The summed E-state index contributed by atoms with van der Waals surface area (Å²) in [7, 11) is 0. The van der Waals surface area contributed by atoms with Crippen molar-refractivity contribution in [1.82, 2.24) is 20.2 Å². The lowest BCUT2D eigenvalue weighted by Gasteiger charge is -2.12. The number of carbonyl (C=O) groups excluding carboxylic acids is 1. The second-order valence-electron chi connectivity index (χ2n) is 5.91. The normalized spacial score (nSPS) is 10.4. The average Bonchev–Trinajstić information content (AvgIpc) is 2.94. The molecule has 0 fully saturated rings. The number of aromatic nitrogens is 4. The summed E-state index contributed by atoms with van der Waals surface area (Å²) in [5.41, 5.74) is 9.20. The highest BCUT2D eigenvalue weighted by atomic mass is 16.2. The van der Waals surface area contributed by atoms with Gasteiger partial charge in [0, 0.05) is 29.2 Å². The van der Waals surface area contributed by atoms with E-state index in [1.54, 1.807) is 6.07 Å². The number of hydrogen-bond acceptors (Lipinski definition) is 6. The Labute approximate surface area is 150 Å². The summed E-state index contributed by atoms with van der Waals surface area (Å²) in [4.78, 5) is 19.8. The lowest BCUT2D eigenvalue weighted by atomic mass is 10.2. The third kappa shape index (κ3) is 4.26. The molecular formula is C17H20N8O. The number of anilines is 5. The summed E-state index contributed by atoms with van der Waals surface area (Å²) in [5.74, 6) is 1.86. The Balaban J connectivity index is 1.80. The molecule has 1 aromatic carbocycles. The molecule has 6 N–H and O–H groups in total. The number of carbonyl (C=O) groups is 1. The van der Waals surface area contributed by atoms with Crippen molar-refractivity contribution in [2.24, 2.45) is 5.73 Å². The van der Waals surface area contributed by atoms with Crippen LogP contribution in [0.4, 0.5) is 33.8 Å². The first kappa shape index (κ1) is 17.2. The lowest BCUT2D eigenvalue weighted by molar-refractivity contribution is 0.259. The van der Waals surface area contributed by atoms with Crippen molar-refractivity contribution in [3.63, 3.8) is 0 Å². The summed E-state index contributed by atoms with van der Waals surface area (Å²) < 4.78 is 0. The van der Waals surface area contributed by atoms with Gasteiger partial charge in [-0.3, -0.25) is 5.10 Å². The van der Waals surface area contributed by atoms with Crippen LogP contribution in [0.5, 0.6) is 0 Å². The molecule has 0 spiro atoms. The van der Waals surface area contributed by atoms with E-state index in [-0.39, 0.29) is 0 Å². The summed E-state index contributed by atoms with van der Waals surface area (Å²) in [5, 5.41) is 15.9. The highest BCUT2D eigenvalue weighted by Gasteiger charge is 2.07. The molecule has 0 radical (unpaired) electrons. The number of hydrogen-bond donors (Lipinski definition) is 5. The number of nitrogens with two attached hydrogens (primary N) is 1. The van der Waals surface area contributed by atoms with E-state index in [9.17, 15) is 4.79 Å². The van der Waals surface area contributed by atoms with Gasteiger partial charge in [0.1, 0.15) is 11.6 Å². The van der Waals surface area contributed by atoms with Crippen molar-refractivity contribution in [2.75, 3.05) is 16.0 Å². The smallest absolute Gasteiger partial charge is 0.316 e. The standard InChI is InChI=1S/C17H20N8O/c1-9-6-12(20-16(18)26)4-5-13(9)21-17-19-10(2)7-14(23-17)22-15-8-11(3)24-25-15/h4-8H,1-3H3,(H3,18,20,26)(H3,19,21,22,23,24,25). The van der Waals surface area contributed by atoms with E-state index in [0.29, 0.717) is 17.5 Å². The van der Waals surface area contributed by atoms with Crippen LogP contribution < -0.4 is 21.7 Å². The minimum Gasteiger partial charge on any atom is -0.351 e. The molecule has 0 aliphatic rings. The van der Waals surface area contributed by atoms with Crippen LogP contribution in [0.3, 0.4) is 0 Å². The zero-order valence-electron chi connectivity index (χ0n) is 14.7. The Hall–Kier alpha value is -3.62. The van der Waals surface area contributed by atoms with E-state index in [2.05, 4.69) is 36.1 Å². The molecule has 2 heterocycles. The molecule has 0 saturated heterocycles. The van der Waals surface area contributed by atoms with Crippen LogP contribution in [0.25, 0.3) is 0 Å². The molecule has 3 rings (SSSR count). The number of amides is 2. The maximum atomic E-state index is 10.9. The maximum Gasteiger partial charge on any atom is 0.316 e. The maximum absolute atomic E-state index is 10.9. The molecule has 0 aliphatic heterocycles. The van der Waals surface area contributed by atoms with E-state index in [0.717, 1.165) is 28.5 Å². The van der Waals surface area contributed by atoms with Crippen molar-refractivity contribution in [3.05, 3.63) is 47.3 Å². The molecule has 3 aromatic rings. The van der Waals surface area contributed by atoms with E-state index >= 15 is 0 Å². The first-order chi connectivity index (χ1) is 12.4. The minimum absolute atomic E-state index is 0.461. The number of nitrogens with one attached hydrogen (secondary N) is 4. The van der Waals surface area contributed by atoms with Crippen LogP contribution in [0, 0.1) is 20.8 Å². The van der Waals surface area contributed by atoms with Crippen LogP contribution >= 0.6 is 0 Å². The molecule has 0 saturated carbocycles. The van der Waals surface area contributed by atoms with Gasteiger partial charge < -0.3 is 21.7 Å². The number of urea groups is 1. The molecule has 9 nitrogen and oxygen atoms in total. The summed E-state index contributed by atoms with van der Waals surface area (Å²) in [6.45, 7) is 5.71. The number of nitrogens with zero attached hydrogens (tertiary/aromatic N) is 3. The monoisotopic (exact) mass is 352 g/mol. The molecule has 9 heteroatoms. The second kappa shape index (κ2) is 7.09. The van der Waals surface area contributed by atoms with Gasteiger partial charge >= 0.3 is 6.03 Å². The van der Waals surface area contributed by atoms with Gasteiger partial charge in [0.2, 0.25) is 5.95 Å². The largest absolute Gasteiger partial charge is 0.351 e. The minimum atomic E-state index is -0.600. The topological polar surface area (TPSA) is 134 Å². The van der Waals surface area contributed by atoms with E-state index < -0.39 is 6.03 Å². The molecular weight excluding hydrogens is 332 g/mol. The van der Waals surface area contributed by atoms with Crippen LogP contribution in [-0.2, 0) is 0 Å². The average molecular weight is 352 g/mol. The van der Waals surface area contributed by atoms with E-state index in [4.69, 9.17) is 5.73 Å². The quantitative estimate of drug-likeness (QED) is 0.479. The van der Waals surface area contributed by atoms with Crippen molar-refractivity contribution in [2.45, 2.75) is 20.8 Å². The van der Waals surface area contributed by atoms with Crippen LogP contribution in [0.15, 0.2) is 30.3 Å². The summed E-state index contributed by atoms with van der Waals surface area (Å²) >= 11 is 0. The van der Waals surface area contributed by atoms with Gasteiger partial charge in [-0.2, -0.15) is 10.1 Å². The Morgan fingerprint density at radius 1 is 1.04 bits per heavy atom. The van der Waals surface area contributed by atoms with Gasteiger partial charge in [-0.25, -0.2) is 9.78 Å². The Morgan fingerprint density at radius 2 is 1.85 bits per heavy atom. The predicted octanol–water partition coefficient (Wildman–Crippen LogP) is 3.10. The van der Waals surface area contributed by atoms with Crippen LogP contribution in [0.1, 0.15) is 17.0 Å². The lowest BCUT2D eigenvalue weighted by Crippen LogP contribution is -2.19. The van der Waals surface area contributed by atoms with Gasteiger partial charge in [-0.1, -0.05) is 0 Å². The zero-order valence-corrected chi connectivity index (χ0v) is 14.7. The second-order valence-corrected chi connectivity index (χ2v) is 5.91.